The van der Waals surface area contributed by atoms with Gasteiger partial charge in [0.05, 0.1) is 15.6 Å². The number of nitrogens with one attached hydrogen (secondary N) is 1. The van der Waals surface area contributed by atoms with E-state index in [0.717, 1.165) is 6.08 Å². The first-order valence-electron chi connectivity index (χ1n) is 7.85. The van der Waals surface area contributed by atoms with E-state index in [1.54, 1.807) is 28.0 Å². The smallest absolute Gasteiger partial charge is 0.257 e. The number of carbonyl (C=O) groups excluding carboxylic acids is 3. The van der Waals surface area contributed by atoms with Gasteiger partial charge in [-0.1, -0.05) is 35.8 Å². The molecule has 1 aliphatic heterocycles. The van der Waals surface area contributed by atoms with E-state index in [1.165, 1.54) is 0 Å². The Balaban J connectivity index is 1.87. The van der Waals surface area contributed by atoms with Crippen LogP contribution in [0, 0.1) is 0 Å². The zero-order valence-electron chi connectivity index (χ0n) is 13.6. The Morgan fingerprint density at radius 3 is 2.20 bits per heavy atom. The highest BCUT2D eigenvalue weighted by Gasteiger charge is 2.26. The summed E-state index contributed by atoms with van der Waals surface area (Å²) in [5, 5.41) is 3.19. The van der Waals surface area contributed by atoms with E-state index in [4.69, 9.17) is 23.2 Å². The quantitative estimate of drug-likeness (QED) is 0.790. The highest BCUT2D eigenvalue weighted by molar-refractivity contribution is 6.39. The summed E-state index contributed by atoms with van der Waals surface area (Å²) >= 11 is 12.2. The molecule has 0 spiro atoms. The van der Waals surface area contributed by atoms with E-state index < -0.39 is 0 Å². The Morgan fingerprint density at radius 2 is 1.64 bits per heavy atom. The number of benzene rings is 1. The first-order valence-corrected chi connectivity index (χ1v) is 8.61. The van der Waals surface area contributed by atoms with Gasteiger partial charge in [-0.3, -0.25) is 14.4 Å². The minimum atomic E-state index is -0.306. The lowest BCUT2D eigenvalue weighted by molar-refractivity contribution is -0.132. The summed E-state index contributed by atoms with van der Waals surface area (Å²) in [6.45, 7) is 5.29. The Kier molecular flexibility index (Phi) is 6.84. The molecule has 134 valence electrons. The van der Waals surface area contributed by atoms with E-state index in [0.29, 0.717) is 36.2 Å². The van der Waals surface area contributed by atoms with Gasteiger partial charge in [0, 0.05) is 39.1 Å². The van der Waals surface area contributed by atoms with Crippen molar-refractivity contribution < 1.29 is 14.4 Å². The molecule has 1 aromatic carbocycles. The van der Waals surface area contributed by atoms with E-state index in [9.17, 15) is 14.4 Å². The summed E-state index contributed by atoms with van der Waals surface area (Å²) in [4.78, 5) is 39.1. The van der Waals surface area contributed by atoms with Crippen LogP contribution in [0.5, 0.6) is 0 Å². The molecular formula is C17H19Cl2N3O3. The van der Waals surface area contributed by atoms with Crippen LogP contribution in [0.3, 0.4) is 0 Å². The maximum atomic E-state index is 12.6. The zero-order chi connectivity index (χ0) is 18.4. The molecule has 1 N–H and O–H groups in total. The molecule has 1 aromatic rings. The first kappa shape index (κ1) is 19.3. The van der Waals surface area contributed by atoms with Crippen LogP contribution in [0.15, 0.2) is 30.9 Å². The molecule has 1 aliphatic rings. The van der Waals surface area contributed by atoms with Crippen LogP contribution in [-0.4, -0.2) is 60.2 Å². The van der Waals surface area contributed by atoms with Gasteiger partial charge in [0.25, 0.3) is 5.91 Å². The lowest BCUT2D eigenvalue weighted by Crippen LogP contribution is -2.51. The molecule has 6 nitrogen and oxygen atoms in total. The van der Waals surface area contributed by atoms with Crippen molar-refractivity contribution in [3.05, 3.63) is 46.5 Å². The highest BCUT2D eigenvalue weighted by atomic mass is 35.5. The van der Waals surface area contributed by atoms with Gasteiger partial charge in [0.2, 0.25) is 11.8 Å². The van der Waals surface area contributed by atoms with Crippen molar-refractivity contribution in [1.82, 2.24) is 15.1 Å². The van der Waals surface area contributed by atoms with Crippen molar-refractivity contribution >= 4 is 40.9 Å². The lowest BCUT2D eigenvalue weighted by atomic mass is 10.1. The van der Waals surface area contributed by atoms with Gasteiger partial charge in [-0.15, -0.1) is 0 Å². The molecule has 3 amide bonds. The fraction of sp³-hybridized carbons (Fsp3) is 0.353. The molecule has 1 saturated heterocycles. The minimum absolute atomic E-state index is 0.0627. The van der Waals surface area contributed by atoms with Gasteiger partial charge in [0.15, 0.2) is 0 Å². The third-order valence-corrected chi connectivity index (χ3v) is 4.55. The van der Waals surface area contributed by atoms with Gasteiger partial charge in [-0.05, 0) is 18.2 Å². The molecule has 8 heteroatoms. The number of rotatable bonds is 5. The van der Waals surface area contributed by atoms with Crippen LogP contribution in [-0.2, 0) is 9.59 Å². The van der Waals surface area contributed by atoms with Crippen LogP contribution >= 0.6 is 23.2 Å². The van der Waals surface area contributed by atoms with Crippen LogP contribution in [0.4, 0.5) is 0 Å². The largest absolute Gasteiger partial charge is 0.352 e. The van der Waals surface area contributed by atoms with Crippen LogP contribution in [0.1, 0.15) is 16.8 Å². The highest BCUT2D eigenvalue weighted by Crippen LogP contribution is 2.26. The third kappa shape index (κ3) is 4.96. The Labute approximate surface area is 156 Å². The average molecular weight is 384 g/mol. The topological polar surface area (TPSA) is 69.7 Å². The fourth-order valence-electron chi connectivity index (χ4n) is 2.54. The van der Waals surface area contributed by atoms with Gasteiger partial charge >= 0.3 is 0 Å². The minimum Gasteiger partial charge on any atom is -0.352 e. The zero-order valence-corrected chi connectivity index (χ0v) is 15.1. The van der Waals surface area contributed by atoms with Gasteiger partial charge < -0.3 is 15.1 Å². The van der Waals surface area contributed by atoms with E-state index in [-0.39, 0.29) is 36.3 Å². The molecule has 0 unspecified atom stereocenters. The summed E-state index contributed by atoms with van der Waals surface area (Å²) in [7, 11) is 0. The van der Waals surface area contributed by atoms with E-state index >= 15 is 0 Å². The molecule has 1 fully saturated rings. The van der Waals surface area contributed by atoms with Crippen LogP contribution in [0.25, 0.3) is 0 Å². The summed E-state index contributed by atoms with van der Waals surface area (Å²) in [5.41, 5.74) is 0.290. The first-order chi connectivity index (χ1) is 11.9. The normalized spacial score (nSPS) is 14.2. The van der Waals surface area contributed by atoms with Crippen LogP contribution < -0.4 is 5.32 Å². The second kappa shape index (κ2) is 8.87. The molecule has 1 heterocycles. The SMILES string of the molecule is C=CC(=O)NCCC(=O)N1CCN(C(=O)c2c(Cl)cccc2Cl)CC1. The Bertz CT molecular complexity index is 665. The molecule has 0 bridgehead atoms. The van der Waals surface area contributed by atoms with Crippen molar-refractivity contribution in [1.29, 1.82) is 0 Å². The predicted molar refractivity (Wildman–Crippen MR) is 96.8 cm³/mol. The molecular weight excluding hydrogens is 365 g/mol. The molecule has 0 radical (unpaired) electrons. The molecule has 0 atom stereocenters. The Morgan fingerprint density at radius 1 is 1.08 bits per heavy atom. The number of piperazine rings is 1. The molecule has 0 aliphatic carbocycles. The molecule has 0 aromatic heterocycles. The maximum absolute atomic E-state index is 12.6. The Hall–Kier alpha value is -2.05. The van der Waals surface area contributed by atoms with Crippen molar-refractivity contribution in [2.24, 2.45) is 0 Å². The number of hydrogen-bond acceptors (Lipinski definition) is 3. The van der Waals surface area contributed by atoms with E-state index in [2.05, 4.69) is 11.9 Å². The summed E-state index contributed by atoms with van der Waals surface area (Å²) in [5.74, 6) is -0.604. The summed E-state index contributed by atoms with van der Waals surface area (Å²) < 4.78 is 0. The monoisotopic (exact) mass is 383 g/mol. The second-order valence-electron chi connectivity index (χ2n) is 5.51. The molecule has 0 saturated carbocycles. The fourth-order valence-corrected chi connectivity index (χ4v) is 3.10. The number of halogens is 2. The lowest BCUT2D eigenvalue weighted by Gasteiger charge is -2.35. The van der Waals surface area contributed by atoms with Crippen molar-refractivity contribution in [2.45, 2.75) is 6.42 Å². The number of hydrogen-bond donors (Lipinski definition) is 1. The number of carbonyl (C=O) groups is 3. The molecule has 25 heavy (non-hydrogen) atoms. The van der Waals surface area contributed by atoms with E-state index in [1.807, 2.05) is 0 Å². The summed E-state index contributed by atoms with van der Waals surface area (Å²) in [6.07, 6.45) is 1.37. The van der Waals surface area contributed by atoms with Gasteiger partial charge in [-0.2, -0.15) is 0 Å². The number of amides is 3. The van der Waals surface area contributed by atoms with Crippen molar-refractivity contribution in [3.63, 3.8) is 0 Å². The van der Waals surface area contributed by atoms with Crippen LogP contribution in [0.2, 0.25) is 10.0 Å². The standard InChI is InChI=1S/C17H19Cl2N3O3/c1-2-14(23)20-7-6-15(24)21-8-10-22(11-9-21)17(25)16-12(18)4-3-5-13(16)19/h2-5H,1,6-11H2,(H,20,23). The number of nitrogens with zero attached hydrogens (tertiary/aromatic N) is 2. The molecule has 2 rings (SSSR count). The second-order valence-corrected chi connectivity index (χ2v) is 6.33. The van der Waals surface area contributed by atoms with Gasteiger partial charge in [0.1, 0.15) is 0 Å². The maximum Gasteiger partial charge on any atom is 0.257 e. The summed E-state index contributed by atoms with van der Waals surface area (Å²) in [6, 6.07) is 4.93. The van der Waals surface area contributed by atoms with Gasteiger partial charge in [-0.25, -0.2) is 0 Å². The van der Waals surface area contributed by atoms with Crippen molar-refractivity contribution in [3.8, 4) is 0 Å². The average Bonchev–Trinajstić information content (AvgIpc) is 2.61. The third-order valence-electron chi connectivity index (χ3n) is 3.92. The van der Waals surface area contributed by atoms with Crippen molar-refractivity contribution in [2.75, 3.05) is 32.7 Å². The predicted octanol–water partition coefficient (Wildman–Crippen LogP) is 1.97.